The van der Waals surface area contributed by atoms with E-state index in [9.17, 15) is 14.7 Å². The minimum Gasteiger partial charge on any atom is -0.481 e. The summed E-state index contributed by atoms with van der Waals surface area (Å²) in [6, 6.07) is -0.102. The second-order valence-electron chi connectivity index (χ2n) is 6.07. The van der Waals surface area contributed by atoms with E-state index < -0.39 is 5.97 Å². The zero-order valence-corrected chi connectivity index (χ0v) is 12.2. The molecule has 21 heavy (non-hydrogen) atoms. The van der Waals surface area contributed by atoms with Crippen LogP contribution in [-0.2, 0) is 9.53 Å². The van der Waals surface area contributed by atoms with Crippen LogP contribution in [-0.4, -0.2) is 78.4 Å². The molecule has 2 amide bonds. The van der Waals surface area contributed by atoms with Gasteiger partial charge in [0.1, 0.15) is 0 Å². The highest BCUT2D eigenvalue weighted by molar-refractivity contribution is 5.79. The Balaban J connectivity index is 1.46. The van der Waals surface area contributed by atoms with Crippen LogP contribution in [0.5, 0.6) is 0 Å². The van der Waals surface area contributed by atoms with Crippen LogP contribution in [0.1, 0.15) is 19.3 Å². The van der Waals surface area contributed by atoms with Crippen LogP contribution < -0.4 is 5.32 Å². The number of fused-ring (bicyclic) bond motifs is 2. The lowest BCUT2D eigenvalue weighted by Gasteiger charge is -2.28. The molecule has 3 fully saturated rings. The van der Waals surface area contributed by atoms with Crippen LogP contribution in [0.15, 0.2) is 0 Å². The number of morpholine rings is 1. The number of carbonyl (C=O) groups is 2. The molecule has 3 atom stereocenters. The molecule has 7 heteroatoms. The van der Waals surface area contributed by atoms with E-state index in [0.29, 0.717) is 13.0 Å². The van der Waals surface area contributed by atoms with E-state index in [4.69, 9.17) is 4.74 Å². The molecule has 3 saturated heterocycles. The molecule has 0 spiro atoms. The standard InChI is InChI=1S/C14H23N3O4/c18-13(19)11-9-10-1-2-12(11)17(10)14(20)15-3-4-16-5-7-21-8-6-16/h10-12H,1-9H2,(H,15,20)(H,18,19). The maximum atomic E-state index is 12.3. The average Bonchev–Trinajstić information content (AvgIpc) is 3.06. The highest BCUT2D eigenvalue weighted by Gasteiger charge is 2.51. The van der Waals surface area contributed by atoms with Crippen molar-refractivity contribution >= 4 is 12.0 Å². The largest absolute Gasteiger partial charge is 0.481 e. The number of nitrogens with one attached hydrogen (secondary N) is 1. The lowest BCUT2D eigenvalue weighted by molar-refractivity contribution is -0.142. The van der Waals surface area contributed by atoms with Crippen LogP contribution in [0.4, 0.5) is 4.79 Å². The predicted octanol–water partition coefficient (Wildman–Crippen LogP) is -0.0343. The van der Waals surface area contributed by atoms with Gasteiger partial charge in [-0.3, -0.25) is 9.69 Å². The van der Waals surface area contributed by atoms with Crippen molar-refractivity contribution in [1.29, 1.82) is 0 Å². The summed E-state index contributed by atoms with van der Waals surface area (Å²) in [5, 5.41) is 12.1. The van der Waals surface area contributed by atoms with E-state index in [1.807, 2.05) is 0 Å². The van der Waals surface area contributed by atoms with Crippen LogP contribution >= 0.6 is 0 Å². The van der Waals surface area contributed by atoms with Gasteiger partial charge in [0.15, 0.2) is 0 Å². The van der Waals surface area contributed by atoms with Crippen molar-refractivity contribution in [2.75, 3.05) is 39.4 Å². The topological polar surface area (TPSA) is 82.1 Å². The Morgan fingerprint density at radius 3 is 2.67 bits per heavy atom. The summed E-state index contributed by atoms with van der Waals surface area (Å²) in [5.74, 6) is -1.15. The number of aliphatic carboxylic acids is 1. The highest BCUT2D eigenvalue weighted by atomic mass is 16.5. The summed E-state index contributed by atoms with van der Waals surface area (Å²) in [7, 11) is 0. The molecular formula is C14H23N3O4. The zero-order chi connectivity index (χ0) is 14.8. The third-order valence-electron chi connectivity index (χ3n) is 4.90. The van der Waals surface area contributed by atoms with Crippen LogP contribution in [0.2, 0.25) is 0 Å². The second kappa shape index (κ2) is 6.19. The Hall–Kier alpha value is -1.34. The zero-order valence-electron chi connectivity index (χ0n) is 12.2. The molecule has 0 aromatic rings. The quantitative estimate of drug-likeness (QED) is 0.761. The van der Waals surface area contributed by atoms with Crippen molar-refractivity contribution in [1.82, 2.24) is 15.1 Å². The van der Waals surface area contributed by atoms with Gasteiger partial charge in [-0.1, -0.05) is 0 Å². The fourth-order valence-corrected chi connectivity index (χ4v) is 3.81. The molecular weight excluding hydrogens is 274 g/mol. The van der Waals surface area contributed by atoms with Gasteiger partial charge >= 0.3 is 12.0 Å². The summed E-state index contributed by atoms with van der Waals surface area (Å²) in [5.41, 5.74) is 0. The number of carbonyl (C=O) groups excluding carboxylic acids is 1. The van der Waals surface area contributed by atoms with Crippen LogP contribution in [0, 0.1) is 5.92 Å². The minimum absolute atomic E-state index is 0.0977. The second-order valence-corrected chi connectivity index (χ2v) is 6.07. The summed E-state index contributed by atoms with van der Waals surface area (Å²) >= 11 is 0. The van der Waals surface area contributed by atoms with E-state index in [2.05, 4.69) is 10.2 Å². The molecule has 3 aliphatic heterocycles. The van der Waals surface area contributed by atoms with Gasteiger partial charge in [-0.2, -0.15) is 0 Å². The first-order valence-electron chi connectivity index (χ1n) is 7.76. The molecule has 0 radical (unpaired) electrons. The highest BCUT2D eigenvalue weighted by Crippen LogP contribution is 2.41. The molecule has 0 aromatic heterocycles. The van der Waals surface area contributed by atoms with Crippen molar-refractivity contribution in [3.63, 3.8) is 0 Å². The van der Waals surface area contributed by atoms with Gasteiger partial charge in [-0.05, 0) is 19.3 Å². The summed E-state index contributed by atoms with van der Waals surface area (Å²) in [6.07, 6.45) is 2.36. The third-order valence-corrected chi connectivity index (χ3v) is 4.90. The molecule has 3 unspecified atom stereocenters. The van der Waals surface area contributed by atoms with Gasteiger partial charge in [0.25, 0.3) is 0 Å². The molecule has 0 aliphatic carbocycles. The van der Waals surface area contributed by atoms with Crippen LogP contribution in [0.25, 0.3) is 0 Å². The average molecular weight is 297 g/mol. The lowest BCUT2D eigenvalue weighted by Crippen LogP contribution is -2.47. The molecule has 3 rings (SSSR count). The molecule has 0 aromatic carbocycles. The van der Waals surface area contributed by atoms with E-state index in [1.54, 1.807) is 4.90 Å². The van der Waals surface area contributed by atoms with Crippen molar-refractivity contribution in [3.8, 4) is 0 Å². The lowest BCUT2D eigenvalue weighted by atomic mass is 9.89. The fraction of sp³-hybridized carbons (Fsp3) is 0.857. The Bertz CT molecular complexity index is 411. The maximum Gasteiger partial charge on any atom is 0.317 e. The molecule has 2 bridgehead atoms. The fourth-order valence-electron chi connectivity index (χ4n) is 3.81. The van der Waals surface area contributed by atoms with E-state index in [1.165, 1.54) is 0 Å². The van der Waals surface area contributed by atoms with Crippen LogP contribution in [0.3, 0.4) is 0 Å². The minimum atomic E-state index is -0.770. The summed E-state index contributed by atoms with van der Waals surface area (Å²) < 4.78 is 5.29. The maximum absolute atomic E-state index is 12.3. The predicted molar refractivity (Wildman–Crippen MR) is 75.0 cm³/mol. The number of ether oxygens (including phenoxy) is 1. The first-order valence-corrected chi connectivity index (χ1v) is 7.76. The van der Waals surface area contributed by atoms with Crippen molar-refractivity contribution in [2.45, 2.75) is 31.3 Å². The van der Waals surface area contributed by atoms with E-state index in [-0.39, 0.29) is 24.0 Å². The number of nitrogens with zero attached hydrogens (tertiary/aromatic N) is 2. The molecule has 118 valence electrons. The van der Waals surface area contributed by atoms with Crippen molar-refractivity contribution in [2.24, 2.45) is 5.92 Å². The van der Waals surface area contributed by atoms with Gasteiger partial charge in [0.05, 0.1) is 19.1 Å². The number of hydrogen-bond acceptors (Lipinski definition) is 4. The molecule has 3 heterocycles. The van der Waals surface area contributed by atoms with E-state index >= 15 is 0 Å². The molecule has 0 saturated carbocycles. The van der Waals surface area contributed by atoms with Gasteiger partial charge in [0.2, 0.25) is 0 Å². The Labute approximate surface area is 124 Å². The van der Waals surface area contributed by atoms with Crippen molar-refractivity contribution in [3.05, 3.63) is 0 Å². The first-order chi connectivity index (χ1) is 10.2. The van der Waals surface area contributed by atoms with Crippen molar-refractivity contribution < 1.29 is 19.4 Å². The number of carboxylic acids is 1. The third kappa shape index (κ3) is 2.98. The van der Waals surface area contributed by atoms with Gasteiger partial charge < -0.3 is 20.1 Å². The number of amides is 2. The van der Waals surface area contributed by atoms with Gasteiger partial charge in [-0.15, -0.1) is 0 Å². The first kappa shape index (κ1) is 14.6. The molecule has 2 N–H and O–H groups in total. The normalized spacial score (nSPS) is 32.4. The number of carboxylic acid groups (broad SMARTS) is 1. The molecule has 7 nitrogen and oxygen atoms in total. The number of hydrogen-bond donors (Lipinski definition) is 2. The monoisotopic (exact) mass is 297 g/mol. The number of urea groups is 1. The summed E-state index contributed by atoms with van der Waals surface area (Å²) in [4.78, 5) is 27.5. The Morgan fingerprint density at radius 2 is 2.00 bits per heavy atom. The number of rotatable bonds is 4. The van der Waals surface area contributed by atoms with Gasteiger partial charge in [0, 0.05) is 38.3 Å². The Kier molecular flexibility index (Phi) is 4.30. The summed E-state index contributed by atoms with van der Waals surface area (Å²) in [6.45, 7) is 4.75. The molecule has 3 aliphatic rings. The SMILES string of the molecule is O=C(O)C1CC2CCC1N2C(=O)NCCN1CCOCC1. The smallest absolute Gasteiger partial charge is 0.317 e. The Morgan fingerprint density at radius 1 is 1.24 bits per heavy atom. The van der Waals surface area contributed by atoms with Gasteiger partial charge in [-0.25, -0.2) is 4.79 Å². The van der Waals surface area contributed by atoms with E-state index in [0.717, 1.165) is 45.7 Å².